The van der Waals surface area contributed by atoms with Gasteiger partial charge in [-0.25, -0.2) is 4.79 Å². The molecule has 0 N–H and O–H groups in total. The first-order chi connectivity index (χ1) is 9.71. The Morgan fingerprint density at radius 3 is 2.75 bits per heavy atom. The van der Waals surface area contributed by atoms with Gasteiger partial charge in [-0.1, -0.05) is 31.6 Å². The maximum absolute atomic E-state index is 11.5. The Kier molecular flexibility index (Phi) is 7.25. The van der Waals surface area contributed by atoms with Crippen molar-refractivity contribution in [3.8, 4) is 11.5 Å². The van der Waals surface area contributed by atoms with E-state index in [0.29, 0.717) is 18.1 Å². The number of ether oxygens (including phenoxy) is 3. The largest absolute Gasteiger partial charge is 0.493 e. The van der Waals surface area contributed by atoms with Crippen LogP contribution in [0.25, 0.3) is 6.08 Å². The standard InChI is InChI=1S/C16H22O4/c1-4-6-10-19-16(17)12-20-14-9-8-13(7-5-2)11-15(14)18-3/h5,7-9,11H,4,6,10,12H2,1-3H3. The van der Waals surface area contributed by atoms with Crippen molar-refractivity contribution in [2.24, 2.45) is 0 Å². The molecule has 0 aliphatic rings. The maximum atomic E-state index is 11.5. The van der Waals surface area contributed by atoms with Crippen molar-refractivity contribution in [2.45, 2.75) is 26.7 Å². The van der Waals surface area contributed by atoms with E-state index in [-0.39, 0.29) is 12.6 Å². The van der Waals surface area contributed by atoms with Crippen LogP contribution in [0.1, 0.15) is 32.3 Å². The van der Waals surface area contributed by atoms with Crippen molar-refractivity contribution in [1.29, 1.82) is 0 Å². The SMILES string of the molecule is CC=Cc1ccc(OCC(=O)OCCCC)c(OC)c1. The summed E-state index contributed by atoms with van der Waals surface area (Å²) in [6, 6.07) is 5.55. The lowest BCUT2D eigenvalue weighted by molar-refractivity contribution is -0.146. The highest BCUT2D eigenvalue weighted by molar-refractivity contribution is 5.71. The van der Waals surface area contributed by atoms with Crippen LogP contribution < -0.4 is 9.47 Å². The van der Waals surface area contributed by atoms with E-state index >= 15 is 0 Å². The lowest BCUT2D eigenvalue weighted by Crippen LogP contribution is -2.15. The summed E-state index contributed by atoms with van der Waals surface area (Å²) < 4.78 is 15.7. The van der Waals surface area contributed by atoms with Gasteiger partial charge in [0.05, 0.1) is 13.7 Å². The van der Waals surface area contributed by atoms with Gasteiger partial charge < -0.3 is 14.2 Å². The molecule has 4 heteroatoms. The van der Waals surface area contributed by atoms with Gasteiger partial charge in [-0.05, 0) is 31.0 Å². The Labute approximate surface area is 120 Å². The molecule has 20 heavy (non-hydrogen) atoms. The molecule has 0 saturated heterocycles. The third-order valence-corrected chi connectivity index (χ3v) is 2.65. The van der Waals surface area contributed by atoms with Gasteiger partial charge >= 0.3 is 5.97 Å². The van der Waals surface area contributed by atoms with E-state index in [1.165, 1.54) is 0 Å². The molecule has 0 unspecified atom stereocenters. The Hall–Kier alpha value is -1.97. The van der Waals surface area contributed by atoms with E-state index in [4.69, 9.17) is 14.2 Å². The topological polar surface area (TPSA) is 44.8 Å². The van der Waals surface area contributed by atoms with E-state index in [1.807, 2.05) is 38.1 Å². The number of methoxy groups -OCH3 is 1. The minimum atomic E-state index is -0.363. The van der Waals surface area contributed by atoms with Crippen molar-refractivity contribution in [3.05, 3.63) is 29.8 Å². The Balaban J connectivity index is 2.56. The minimum absolute atomic E-state index is 0.108. The van der Waals surface area contributed by atoms with Gasteiger partial charge in [-0.15, -0.1) is 0 Å². The molecule has 0 fully saturated rings. The summed E-state index contributed by atoms with van der Waals surface area (Å²) in [7, 11) is 1.57. The molecular formula is C16H22O4. The second kappa shape index (κ2) is 9.02. The van der Waals surface area contributed by atoms with Crippen LogP contribution in [0, 0.1) is 0 Å². The first-order valence-corrected chi connectivity index (χ1v) is 6.80. The molecule has 1 aromatic carbocycles. The first kappa shape index (κ1) is 16.1. The molecule has 0 aliphatic heterocycles. The predicted molar refractivity (Wildman–Crippen MR) is 79.1 cm³/mol. The van der Waals surface area contributed by atoms with Crippen molar-refractivity contribution >= 4 is 12.0 Å². The van der Waals surface area contributed by atoms with Gasteiger partial charge in [0, 0.05) is 0 Å². The van der Waals surface area contributed by atoms with Crippen LogP contribution in [0.2, 0.25) is 0 Å². The smallest absolute Gasteiger partial charge is 0.344 e. The molecule has 0 spiro atoms. The number of hydrogen-bond acceptors (Lipinski definition) is 4. The zero-order chi connectivity index (χ0) is 14.8. The average Bonchev–Trinajstić information content (AvgIpc) is 2.46. The zero-order valence-electron chi connectivity index (χ0n) is 12.3. The summed E-state index contributed by atoms with van der Waals surface area (Å²) in [4.78, 5) is 11.5. The second-order valence-electron chi connectivity index (χ2n) is 4.27. The summed E-state index contributed by atoms with van der Waals surface area (Å²) in [5, 5.41) is 0. The predicted octanol–water partition coefficient (Wildman–Crippen LogP) is 3.45. The molecule has 1 aromatic rings. The fraction of sp³-hybridized carbons (Fsp3) is 0.438. The highest BCUT2D eigenvalue weighted by Gasteiger charge is 2.08. The van der Waals surface area contributed by atoms with Crippen LogP contribution in [0.15, 0.2) is 24.3 Å². The summed E-state index contributed by atoms with van der Waals surface area (Å²) in [6.45, 7) is 4.32. The first-order valence-electron chi connectivity index (χ1n) is 6.80. The number of carbonyl (C=O) groups is 1. The molecule has 0 bridgehead atoms. The van der Waals surface area contributed by atoms with Gasteiger partial charge in [-0.2, -0.15) is 0 Å². The van der Waals surface area contributed by atoms with Gasteiger partial charge in [0.25, 0.3) is 0 Å². The van der Waals surface area contributed by atoms with E-state index < -0.39 is 0 Å². The number of unbranched alkanes of at least 4 members (excludes halogenated alkanes) is 1. The number of rotatable bonds is 8. The van der Waals surface area contributed by atoms with Crippen LogP contribution in [0.5, 0.6) is 11.5 Å². The lowest BCUT2D eigenvalue weighted by atomic mass is 10.2. The number of carbonyl (C=O) groups excluding carboxylic acids is 1. The van der Waals surface area contributed by atoms with Crippen molar-refractivity contribution in [2.75, 3.05) is 20.3 Å². The summed E-state index contributed by atoms with van der Waals surface area (Å²) in [5.41, 5.74) is 1.02. The average molecular weight is 278 g/mol. The van der Waals surface area contributed by atoms with Crippen molar-refractivity contribution < 1.29 is 19.0 Å². The van der Waals surface area contributed by atoms with Gasteiger partial charge in [0.1, 0.15) is 0 Å². The van der Waals surface area contributed by atoms with Crippen molar-refractivity contribution in [1.82, 2.24) is 0 Å². The van der Waals surface area contributed by atoms with Crippen LogP contribution >= 0.6 is 0 Å². The lowest BCUT2D eigenvalue weighted by Gasteiger charge is -2.11. The van der Waals surface area contributed by atoms with E-state index in [2.05, 4.69) is 0 Å². The Morgan fingerprint density at radius 2 is 2.10 bits per heavy atom. The highest BCUT2D eigenvalue weighted by Crippen LogP contribution is 2.28. The molecule has 4 nitrogen and oxygen atoms in total. The summed E-state index contributed by atoms with van der Waals surface area (Å²) >= 11 is 0. The molecule has 110 valence electrons. The molecule has 0 atom stereocenters. The second-order valence-corrected chi connectivity index (χ2v) is 4.27. The number of benzene rings is 1. The Bertz CT molecular complexity index is 452. The van der Waals surface area contributed by atoms with Gasteiger partial charge in [0.15, 0.2) is 18.1 Å². The monoisotopic (exact) mass is 278 g/mol. The minimum Gasteiger partial charge on any atom is -0.493 e. The van der Waals surface area contributed by atoms with Crippen LogP contribution in [0.3, 0.4) is 0 Å². The molecule has 0 amide bonds. The summed E-state index contributed by atoms with van der Waals surface area (Å²) in [5.74, 6) is 0.771. The number of allylic oxidation sites excluding steroid dienone is 1. The molecule has 0 aliphatic carbocycles. The zero-order valence-corrected chi connectivity index (χ0v) is 12.3. The molecule has 1 rings (SSSR count). The Morgan fingerprint density at radius 1 is 1.30 bits per heavy atom. The molecule has 0 radical (unpaired) electrons. The summed E-state index contributed by atoms with van der Waals surface area (Å²) in [6.07, 6.45) is 5.77. The molecule has 0 aromatic heterocycles. The molecule has 0 saturated carbocycles. The molecule has 0 heterocycles. The van der Waals surface area contributed by atoms with Crippen LogP contribution in [-0.4, -0.2) is 26.3 Å². The molecular weight excluding hydrogens is 256 g/mol. The fourth-order valence-electron chi connectivity index (χ4n) is 1.61. The van der Waals surface area contributed by atoms with Gasteiger partial charge in [0.2, 0.25) is 0 Å². The quantitative estimate of drug-likeness (QED) is 0.539. The highest BCUT2D eigenvalue weighted by atomic mass is 16.6. The number of hydrogen-bond donors (Lipinski definition) is 0. The third-order valence-electron chi connectivity index (χ3n) is 2.65. The maximum Gasteiger partial charge on any atom is 0.344 e. The number of esters is 1. The van der Waals surface area contributed by atoms with E-state index in [9.17, 15) is 4.79 Å². The van der Waals surface area contributed by atoms with Crippen LogP contribution in [-0.2, 0) is 9.53 Å². The van der Waals surface area contributed by atoms with E-state index in [0.717, 1.165) is 18.4 Å². The van der Waals surface area contributed by atoms with Crippen LogP contribution in [0.4, 0.5) is 0 Å². The van der Waals surface area contributed by atoms with Crippen molar-refractivity contribution in [3.63, 3.8) is 0 Å². The fourth-order valence-corrected chi connectivity index (χ4v) is 1.61. The van der Waals surface area contributed by atoms with E-state index in [1.54, 1.807) is 13.2 Å². The normalized spacial score (nSPS) is 10.6. The third kappa shape index (κ3) is 5.34. The van der Waals surface area contributed by atoms with Gasteiger partial charge in [-0.3, -0.25) is 0 Å².